The Balaban J connectivity index is 1.80. The summed E-state index contributed by atoms with van der Waals surface area (Å²) in [5.74, 6) is 0.971. The maximum atomic E-state index is 11.9. The second kappa shape index (κ2) is 6.64. The summed E-state index contributed by atoms with van der Waals surface area (Å²) in [7, 11) is 1.80. The van der Waals surface area contributed by atoms with E-state index in [0.29, 0.717) is 12.4 Å². The largest absolute Gasteiger partial charge is 0.337 e. The zero-order valence-corrected chi connectivity index (χ0v) is 13.8. The Morgan fingerprint density at radius 1 is 1.23 bits per heavy atom. The Labute approximate surface area is 130 Å². The van der Waals surface area contributed by atoms with Crippen LogP contribution in [0.25, 0.3) is 0 Å². The van der Waals surface area contributed by atoms with Gasteiger partial charge in [0.05, 0.1) is 11.4 Å². The molecule has 1 atom stereocenters. The normalized spacial score (nSPS) is 12.2. The number of nitrogens with zero attached hydrogens (tertiary/aromatic N) is 4. The second-order valence-corrected chi connectivity index (χ2v) is 5.84. The smallest absolute Gasteiger partial charge is 0.320 e. The summed E-state index contributed by atoms with van der Waals surface area (Å²) in [5.41, 5.74) is 3.02. The molecule has 0 bridgehead atoms. The van der Waals surface area contributed by atoms with Crippen molar-refractivity contribution >= 4 is 11.8 Å². The monoisotopic (exact) mass is 304 g/mol. The fourth-order valence-corrected chi connectivity index (χ4v) is 2.37. The topological polar surface area (TPSA) is 76.8 Å². The number of hydrogen-bond donors (Lipinski definition) is 2. The van der Waals surface area contributed by atoms with Crippen molar-refractivity contribution in [1.29, 1.82) is 0 Å². The Morgan fingerprint density at radius 2 is 1.91 bits per heavy atom. The molecule has 7 heteroatoms. The average Bonchev–Trinajstić information content (AvgIpc) is 2.89. The lowest BCUT2D eigenvalue weighted by Crippen LogP contribution is -2.34. The summed E-state index contributed by atoms with van der Waals surface area (Å²) in [6, 6.07) is 3.67. The van der Waals surface area contributed by atoms with Crippen LogP contribution in [-0.2, 0) is 13.6 Å². The molecule has 0 aliphatic rings. The number of nitrogens with one attached hydrogen (secondary N) is 2. The zero-order chi connectivity index (χ0) is 16.3. The van der Waals surface area contributed by atoms with Gasteiger partial charge in [-0.15, -0.1) is 0 Å². The van der Waals surface area contributed by atoms with Gasteiger partial charge in [-0.3, -0.25) is 14.7 Å². The van der Waals surface area contributed by atoms with Gasteiger partial charge in [-0.1, -0.05) is 6.92 Å². The average molecular weight is 304 g/mol. The lowest BCUT2D eigenvalue weighted by Gasteiger charge is -2.14. The number of amides is 2. The first-order chi connectivity index (χ1) is 10.3. The van der Waals surface area contributed by atoms with Crippen LogP contribution < -0.4 is 10.6 Å². The fraction of sp³-hybridized carbons (Fsp3) is 0.533. The molecule has 120 valence electrons. The summed E-state index contributed by atoms with van der Waals surface area (Å²) < 4.78 is 3.62. The Morgan fingerprint density at radius 3 is 2.45 bits per heavy atom. The quantitative estimate of drug-likeness (QED) is 0.887. The first-order valence-electron chi connectivity index (χ1n) is 7.41. The van der Waals surface area contributed by atoms with Crippen molar-refractivity contribution in [2.24, 2.45) is 13.0 Å². The van der Waals surface area contributed by atoms with Crippen LogP contribution >= 0.6 is 0 Å². The van der Waals surface area contributed by atoms with Gasteiger partial charge in [0.1, 0.15) is 5.82 Å². The Kier molecular flexibility index (Phi) is 4.85. The number of rotatable bonds is 5. The number of carbonyl (C=O) groups is 1. The van der Waals surface area contributed by atoms with E-state index in [0.717, 1.165) is 23.6 Å². The van der Waals surface area contributed by atoms with Gasteiger partial charge < -0.3 is 5.32 Å². The van der Waals surface area contributed by atoms with Gasteiger partial charge in [0, 0.05) is 31.9 Å². The fourth-order valence-electron chi connectivity index (χ4n) is 2.37. The van der Waals surface area contributed by atoms with Gasteiger partial charge >= 0.3 is 6.03 Å². The molecule has 2 amide bonds. The molecule has 22 heavy (non-hydrogen) atoms. The molecule has 2 heterocycles. The van der Waals surface area contributed by atoms with E-state index in [9.17, 15) is 4.79 Å². The van der Waals surface area contributed by atoms with E-state index in [-0.39, 0.29) is 11.9 Å². The number of hydrogen-bond acceptors (Lipinski definition) is 3. The zero-order valence-electron chi connectivity index (χ0n) is 13.8. The highest BCUT2D eigenvalue weighted by molar-refractivity contribution is 5.88. The van der Waals surface area contributed by atoms with Crippen molar-refractivity contribution in [3.05, 3.63) is 29.2 Å². The number of carbonyl (C=O) groups excluding carboxylic acids is 1. The van der Waals surface area contributed by atoms with Gasteiger partial charge in [-0.25, -0.2) is 4.79 Å². The summed E-state index contributed by atoms with van der Waals surface area (Å²) in [6.45, 7) is 9.36. The van der Waals surface area contributed by atoms with Crippen molar-refractivity contribution < 1.29 is 4.79 Å². The molecule has 0 saturated carbocycles. The summed E-state index contributed by atoms with van der Waals surface area (Å²) in [4.78, 5) is 11.9. The highest BCUT2D eigenvalue weighted by Gasteiger charge is 2.10. The minimum absolute atomic E-state index is 0.219. The first-order valence-corrected chi connectivity index (χ1v) is 7.41. The molecular weight excluding hydrogens is 280 g/mol. The van der Waals surface area contributed by atoms with E-state index in [1.807, 2.05) is 31.5 Å². The van der Waals surface area contributed by atoms with Crippen LogP contribution in [0.2, 0.25) is 0 Å². The SMILES string of the molecule is Cc1cc(NC(=O)NC[C@@H](C)Cn2nc(C)cc2C)n(C)n1. The van der Waals surface area contributed by atoms with Crippen LogP contribution in [0.15, 0.2) is 12.1 Å². The van der Waals surface area contributed by atoms with Gasteiger partial charge in [0.15, 0.2) is 0 Å². The maximum absolute atomic E-state index is 11.9. The van der Waals surface area contributed by atoms with Crippen molar-refractivity contribution in [2.45, 2.75) is 34.2 Å². The molecule has 0 saturated heterocycles. The van der Waals surface area contributed by atoms with Crippen LogP contribution in [0.5, 0.6) is 0 Å². The molecule has 2 rings (SSSR count). The lowest BCUT2D eigenvalue weighted by atomic mass is 10.2. The van der Waals surface area contributed by atoms with Crippen LogP contribution in [-0.4, -0.2) is 32.1 Å². The van der Waals surface area contributed by atoms with Crippen LogP contribution in [0.3, 0.4) is 0 Å². The molecule has 2 aromatic heterocycles. The molecule has 0 aliphatic carbocycles. The predicted molar refractivity (Wildman–Crippen MR) is 85.8 cm³/mol. The van der Waals surface area contributed by atoms with E-state index in [4.69, 9.17) is 0 Å². The van der Waals surface area contributed by atoms with Crippen molar-refractivity contribution in [1.82, 2.24) is 24.9 Å². The van der Waals surface area contributed by atoms with Crippen LogP contribution in [0, 0.1) is 26.7 Å². The molecule has 2 N–H and O–H groups in total. The molecular formula is C15H24N6O. The molecule has 0 radical (unpaired) electrons. The minimum atomic E-state index is -0.219. The van der Waals surface area contributed by atoms with Gasteiger partial charge in [-0.2, -0.15) is 10.2 Å². The summed E-state index contributed by atoms with van der Waals surface area (Å²) >= 11 is 0. The molecule has 2 aromatic rings. The third-order valence-corrected chi connectivity index (χ3v) is 3.44. The molecule has 0 unspecified atom stereocenters. The Bertz CT molecular complexity index is 657. The van der Waals surface area contributed by atoms with Crippen molar-refractivity contribution in [3.63, 3.8) is 0 Å². The molecule has 0 spiro atoms. The van der Waals surface area contributed by atoms with E-state index >= 15 is 0 Å². The van der Waals surface area contributed by atoms with E-state index < -0.39 is 0 Å². The van der Waals surface area contributed by atoms with Gasteiger partial charge in [-0.05, 0) is 32.8 Å². The summed E-state index contributed by atoms with van der Waals surface area (Å²) in [6.07, 6.45) is 0. The molecule has 0 fully saturated rings. The number of urea groups is 1. The van der Waals surface area contributed by atoms with E-state index in [1.165, 1.54) is 0 Å². The van der Waals surface area contributed by atoms with Gasteiger partial charge in [0.25, 0.3) is 0 Å². The predicted octanol–water partition coefficient (Wildman–Crippen LogP) is 2.00. The second-order valence-electron chi connectivity index (χ2n) is 5.84. The minimum Gasteiger partial charge on any atom is -0.337 e. The van der Waals surface area contributed by atoms with Crippen LogP contribution in [0.4, 0.5) is 10.6 Å². The van der Waals surface area contributed by atoms with Crippen LogP contribution in [0.1, 0.15) is 24.0 Å². The maximum Gasteiger partial charge on any atom is 0.320 e. The third-order valence-electron chi connectivity index (χ3n) is 3.44. The van der Waals surface area contributed by atoms with E-state index in [1.54, 1.807) is 11.7 Å². The number of aromatic nitrogens is 4. The standard InChI is InChI=1S/C15H24N6O/c1-10(9-21-13(4)6-11(2)19-21)8-16-15(22)17-14-7-12(3)18-20(14)5/h6-7,10H,8-9H2,1-5H3,(H2,16,17,22)/t10-/m1/s1. The molecule has 0 aromatic carbocycles. The highest BCUT2D eigenvalue weighted by Crippen LogP contribution is 2.08. The van der Waals surface area contributed by atoms with E-state index in [2.05, 4.69) is 33.8 Å². The lowest BCUT2D eigenvalue weighted by molar-refractivity contribution is 0.249. The van der Waals surface area contributed by atoms with Crippen molar-refractivity contribution in [3.8, 4) is 0 Å². The number of aryl methyl sites for hydroxylation is 4. The number of anilines is 1. The third kappa shape index (κ3) is 4.09. The molecule has 0 aliphatic heterocycles. The van der Waals surface area contributed by atoms with Gasteiger partial charge in [0.2, 0.25) is 0 Å². The first kappa shape index (κ1) is 16.1. The molecule has 7 nitrogen and oxygen atoms in total. The summed E-state index contributed by atoms with van der Waals surface area (Å²) in [5, 5.41) is 14.3. The highest BCUT2D eigenvalue weighted by atomic mass is 16.2. The van der Waals surface area contributed by atoms with Crippen molar-refractivity contribution in [2.75, 3.05) is 11.9 Å². The Hall–Kier alpha value is -2.31.